The van der Waals surface area contributed by atoms with E-state index in [0.717, 1.165) is 59.7 Å². The molecule has 9 nitrogen and oxygen atoms in total. The van der Waals surface area contributed by atoms with Gasteiger partial charge < -0.3 is 25.4 Å². The molecule has 0 saturated carbocycles. The zero-order chi connectivity index (χ0) is 27.5. The number of benzene rings is 1. The van der Waals surface area contributed by atoms with Gasteiger partial charge in [0.1, 0.15) is 17.6 Å². The van der Waals surface area contributed by atoms with Crippen LogP contribution in [0.25, 0.3) is 11.3 Å². The molecule has 204 valence electrons. The molecule has 4 heterocycles. The molecule has 2 aromatic heterocycles. The molecule has 5 rings (SSSR count). The average Bonchev–Trinajstić information content (AvgIpc) is 3.28. The molecule has 2 aliphatic rings. The Hall–Kier alpha value is -3.82. The first-order chi connectivity index (χ1) is 18.8. The van der Waals surface area contributed by atoms with Gasteiger partial charge in [0.15, 0.2) is 0 Å². The molecule has 0 aliphatic carbocycles. The number of fused-ring (bicyclic) bond motifs is 1. The first kappa shape index (κ1) is 26.8. The predicted octanol–water partition coefficient (Wildman–Crippen LogP) is 3.55. The number of carbonyl (C=O) groups excluding carboxylic acids is 2. The number of anilines is 1. The van der Waals surface area contributed by atoms with Crippen molar-refractivity contribution in [1.29, 1.82) is 0 Å². The molecule has 2 aliphatic heterocycles. The third kappa shape index (κ3) is 5.79. The summed E-state index contributed by atoms with van der Waals surface area (Å²) in [5, 5.41) is 16.3. The summed E-state index contributed by atoms with van der Waals surface area (Å²) in [6, 6.07) is 12.5. The third-order valence-corrected chi connectivity index (χ3v) is 7.53. The minimum atomic E-state index is -0.730. The molecule has 2 atom stereocenters. The normalized spacial score (nSPS) is 17.0. The van der Waals surface area contributed by atoms with Crippen molar-refractivity contribution in [3.8, 4) is 11.3 Å². The number of carbonyl (C=O) groups is 2. The lowest BCUT2D eigenvalue weighted by atomic mass is 10.0. The molecule has 39 heavy (non-hydrogen) atoms. The van der Waals surface area contributed by atoms with Gasteiger partial charge in [-0.15, -0.1) is 0 Å². The maximum atomic E-state index is 13.4. The van der Waals surface area contributed by atoms with Crippen LogP contribution in [0.1, 0.15) is 58.5 Å². The lowest BCUT2D eigenvalue weighted by Gasteiger charge is -2.26. The van der Waals surface area contributed by atoms with E-state index in [1.165, 1.54) is 4.90 Å². The van der Waals surface area contributed by atoms with E-state index in [9.17, 15) is 14.7 Å². The van der Waals surface area contributed by atoms with E-state index in [1.807, 2.05) is 62.5 Å². The van der Waals surface area contributed by atoms with Crippen LogP contribution in [-0.2, 0) is 16.1 Å². The van der Waals surface area contributed by atoms with Gasteiger partial charge >= 0.3 is 0 Å². The van der Waals surface area contributed by atoms with E-state index < -0.39 is 12.1 Å². The number of hydrogen-bond acceptors (Lipinski definition) is 7. The molecule has 1 fully saturated rings. The van der Waals surface area contributed by atoms with E-state index in [0.29, 0.717) is 24.0 Å². The molecule has 1 aromatic carbocycles. The molecule has 9 heteroatoms. The van der Waals surface area contributed by atoms with Gasteiger partial charge in [-0.25, -0.2) is 9.97 Å². The largest absolute Gasteiger partial charge is 0.394 e. The number of aliphatic hydroxyl groups is 1. The molecule has 0 radical (unpaired) electrons. The van der Waals surface area contributed by atoms with Gasteiger partial charge in [-0.05, 0) is 56.9 Å². The maximum absolute atomic E-state index is 13.4. The fourth-order valence-electron chi connectivity index (χ4n) is 5.14. The number of aliphatic hydroxyl groups excluding tert-OH is 1. The number of rotatable bonds is 8. The molecular weight excluding hydrogens is 494 g/mol. The van der Waals surface area contributed by atoms with Crippen LogP contribution in [0.5, 0.6) is 0 Å². The lowest BCUT2D eigenvalue weighted by molar-refractivity contribution is -0.126. The Morgan fingerprint density at radius 3 is 2.72 bits per heavy atom. The summed E-state index contributed by atoms with van der Waals surface area (Å²) in [7, 11) is 0. The number of amides is 2. The topological polar surface area (TPSA) is 117 Å². The number of hydrogen-bond donors (Lipinski definition) is 3. The standard InChI is InChI=1S/C30H35N5O4/c1-18-5-4-6-21(13-18)26(17-36)34-29(37)20(3)35-16-22-7-8-25(33-28(22)30(35)38)24-14-27(31-15-19(24)2)32-23-9-11-39-12-10-23/h4-8,13-15,20,23,26,36H,9-12,16-17H2,1-3H3,(H,31,32)(H,34,37)/t20-,26-/m1/s1. The van der Waals surface area contributed by atoms with E-state index in [1.54, 1.807) is 6.92 Å². The Bertz CT molecular complexity index is 1370. The Morgan fingerprint density at radius 1 is 1.18 bits per heavy atom. The third-order valence-electron chi connectivity index (χ3n) is 7.53. The van der Waals surface area contributed by atoms with Crippen LogP contribution in [-0.4, -0.2) is 63.7 Å². The number of ether oxygens (including phenoxy) is 1. The average molecular weight is 530 g/mol. The summed E-state index contributed by atoms with van der Waals surface area (Å²) in [4.78, 5) is 37.3. The second kappa shape index (κ2) is 11.5. The monoisotopic (exact) mass is 529 g/mol. The SMILES string of the molecule is Cc1cccc([C@@H](CO)NC(=O)[C@@H](C)N2Cc3ccc(-c4cc(NC5CCOCC5)ncc4C)nc3C2=O)c1. The summed E-state index contributed by atoms with van der Waals surface area (Å²) in [5.74, 6) is 0.165. The predicted molar refractivity (Wildman–Crippen MR) is 148 cm³/mol. The molecule has 3 aromatic rings. The van der Waals surface area contributed by atoms with Crippen molar-refractivity contribution in [3.63, 3.8) is 0 Å². The fourth-order valence-corrected chi connectivity index (χ4v) is 5.14. The second-order valence-electron chi connectivity index (χ2n) is 10.4. The highest BCUT2D eigenvalue weighted by atomic mass is 16.5. The zero-order valence-corrected chi connectivity index (χ0v) is 22.6. The summed E-state index contributed by atoms with van der Waals surface area (Å²) in [6.07, 6.45) is 3.68. The van der Waals surface area contributed by atoms with Gasteiger partial charge in [0.2, 0.25) is 5.91 Å². The molecular formula is C30H35N5O4. The fraction of sp³-hybridized carbons (Fsp3) is 0.400. The van der Waals surface area contributed by atoms with Crippen molar-refractivity contribution in [2.45, 2.75) is 58.3 Å². The Kier molecular flexibility index (Phi) is 7.90. The minimum absolute atomic E-state index is 0.238. The van der Waals surface area contributed by atoms with Crippen molar-refractivity contribution >= 4 is 17.6 Å². The molecule has 0 spiro atoms. The van der Waals surface area contributed by atoms with Crippen molar-refractivity contribution in [3.05, 3.63) is 76.6 Å². The van der Waals surface area contributed by atoms with E-state index in [2.05, 4.69) is 15.6 Å². The number of aromatic nitrogens is 2. The Labute approximate surface area is 228 Å². The van der Waals surface area contributed by atoms with Gasteiger partial charge in [-0.2, -0.15) is 0 Å². The summed E-state index contributed by atoms with van der Waals surface area (Å²) >= 11 is 0. The lowest BCUT2D eigenvalue weighted by Crippen LogP contribution is -2.46. The molecule has 0 unspecified atom stereocenters. The second-order valence-corrected chi connectivity index (χ2v) is 10.4. The maximum Gasteiger partial charge on any atom is 0.273 e. The van der Waals surface area contributed by atoms with E-state index in [4.69, 9.17) is 9.72 Å². The van der Waals surface area contributed by atoms with Gasteiger partial charge in [-0.1, -0.05) is 35.9 Å². The molecule has 0 bridgehead atoms. The Balaban J connectivity index is 1.31. The van der Waals surface area contributed by atoms with Crippen molar-refractivity contribution in [2.75, 3.05) is 25.1 Å². The van der Waals surface area contributed by atoms with Gasteiger partial charge in [0, 0.05) is 43.1 Å². The first-order valence-electron chi connectivity index (χ1n) is 13.4. The highest BCUT2D eigenvalue weighted by Gasteiger charge is 2.36. The van der Waals surface area contributed by atoms with Crippen LogP contribution < -0.4 is 10.6 Å². The van der Waals surface area contributed by atoms with Crippen LogP contribution in [0, 0.1) is 13.8 Å². The summed E-state index contributed by atoms with van der Waals surface area (Å²) in [6.45, 7) is 7.18. The molecule has 3 N–H and O–H groups in total. The first-order valence-corrected chi connectivity index (χ1v) is 13.4. The number of nitrogens with one attached hydrogen (secondary N) is 2. The number of pyridine rings is 2. The number of nitrogens with zero attached hydrogens (tertiary/aromatic N) is 3. The smallest absolute Gasteiger partial charge is 0.273 e. The highest BCUT2D eigenvalue weighted by molar-refractivity contribution is 6.00. The van der Waals surface area contributed by atoms with Crippen LogP contribution >= 0.6 is 0 Å². The Morgan fingerprint density at radius 2 is 1.97 bits per heavy atom. The van der Waals surface area contributed by atoms with E-state index >= 15 is 0 Å². The van der Waals surface area contributed by atoms with Crippen LogP contribution in [0.2, 0.25) is 0 Å². The zero-order valence-electron chi connectivity index (χ0n) is 22.6. The summed E-state index contributed by atoms with van der Waals surface area (Å²) < 4.78 is 5.45. The van der Waals surface area contributed by atoms with Crippen LogP contribution in [0.15, 0.2) is 48.7 Å². The van der Waals surface area contributed by atoms with Crippen molar-refractivity contribution in [2.24, 2.45) is 0 Å². The highest BCUT2D eigenvalue weighted by Crippen LogP contribution is 2.30. The van der Waals surface area contributed by atoms with Gasteiger partial charge in [0.25, 0.3) is 5.91 Å². The molecule has 2 amide bonds. The minimum Gasteiger partial charge on any atom is -0.394 e. The number of aryl methyl sites for hydroxylation is 2. The molecule has 1 saturated heterocycles. The van der Waals surface area contributed by atoms with Crippen LogP contribution in [0.3, 0.4) is 0 Å². The van der Waals surface area contributed by atoms with Crippen LogP contribution in [0.4, 0.5) is 5.82 Å². The quantitative estimate of drug-likeness (QED) is 0.409. The van der Waals surface area contributed by atoms with E-state index in [-0.39, 0.29) is 18.4 Å². The summed E-state index contributed by atoms with van der Waals surface area (Å²) in [5.41, 5.74) is 5.56. The van der Waals surface area contributed by atoms with Gasteiger partial charge in [0.05, 0.1) is 18.3 Å². The van der Waals surface area contributed by atoms with Gasteiger partial charge in [-0.3, -0.25) is 9.59 Å². The van der Waals surface area contributed by atoms with Crippen molar-refractivity contribution < 1.29 is 19.4 Å². The van der Waals surface area contributed by atoms with Crippen molar-refractivity contribution in [1.82, 2.24) is 20.2 Å².